The highest BCUT2D eigenvalue weighted by atomic mass is 35.5. The van der Waals surface area contributed by atoms with Crippen molar-refractivity contribution < 1.29 is 0 Å². The number of pyridine rings is 1. The summed E-state index contributed by atoms with van der Waals surface area (Å²) in [7, 11) is 0. The minimum absolute atomic E-state index is 0.458. The molecule has 0 atom stereocenters. The molecule has 5 heteroatoms. The fourth-order valence-corrected chi connectivity index (χ4v) is 1.97. The average Bonchev–Trinajstić information content (AvgIpc) is 2.64. The molecule has 0 aromatic carbocycles. The van der Waals surface area contributed by atoms with Crippen LogP contribution in [0, 0.1) is 13.8 Å². The highest BCUT2D eigenvalue weighted by Gasteiger charge is 2.11. The van der Waals surface area contributed by atoms with Gasteiger partial charge in [-0.3, -0.25) is 0 Å². The van der Waals surface area contributed by atoms with E-state index in [9.17, 15) is 0 Å². The summed E-state index contributed by atoms with van der Waals surface area (Å²) in [6, 6.07) is 4.50. The van der Waals surface area contributed by atoms with Gasteiger partial charge in [-0.2, -0.15) is 5.10 Å². The Bertz CT molecular complexity index is 575. The Balaban J connectivity index is 2.30. The molecule has 0 saturated carbocycles. The van der Waals surface area contributed by atoms with Gasteiger partial charge in [0.1, 0.15) is 0 Å². The zero-order chi connectivity index (χ0) is 14.0. The molecule has 0 amide bonds. The normalized spacial score (nSPS) is 11.3. The minimum Gasteiger partial charge on any atom is -0.310 e. The largest absolute Gasteiger partial charge is 0.310 e. The van der Waals surface area contributed by atoms with E-state index in [1.54, 1.807) is 10.9 Å². The third-order valence-electron chi connectivity index (χ3n) is 2.94. The third kappa shape index (κ3) is 3.14. The summed E-state index contributed by atoms with van der Waals surface area (Å²) >= 11 is 6.17. The van der Waals surface area contributed by atoms with E-state index in [1.807, 2.05) is 26.0 Å². The molecule has 2 heterocycles. The topological polar surface area (TPSA) is 42.7 Å². The van der Waals surface area contributed by atoms with Crippen LogP contribution in [-0.4, -0.2) is 20.8 Å². The van der Waals surface area contributed by atoms with E-state index in [-0.39, 0.29) is 0 Å². The molecule has 4 nitrogen and oxygen atoms in total. The zero-order valence-corrected chi connectivity index (χ0v) is 12.5. The molecular weight excluding hydrogens is 260 g/mol. The van der Waals surface area contributed by atoms with Crippen LogP contribution in [0.3, 0.4) is 0 Å². The molecule has 2 aromatic rings. The summed E-state index contributed by atoms with van der Waals surface area (Å²) in [5, 5.41) is 8.51. The number of halogens is 1. The minimum atomic E-state index is 0.458. The molecule has 2 aromatic heterocycles. The van der Waals surface area contributed by atoms with Crippen molar-refractivity contribution in [1.82, 2.24) is 20.1 Å². The molecule has 0 aliphatic heterocycles. The lowest BCUT2D eigenvalue weighted by molar-refractivity contribution is 0.588. The van der Waals surface area contributed by atoms with Crippen LogP contribution in [0.2, 0.25) is 5.02 Å². The Hall–Kier alpha value is -1.39. The SMILES string of the molecule is Cc1nn(-c2cc(CNC(C)C)ccn2)c(C)c1Cl. The second-order valence-corrected chi connectivity index (χ2v) is 5.33. The van der Waals surface area contributed by atoms with Crippen molar-refractivity contribution in [3.8, 4) is 5.82 Å². The lowest BCUT2D eigenvalue weighted by atomic mass is 10.2. The molecule has 0 radical (unpaired) electrons. The molecule has 0 aliphatic rings. The lowest BCUT2D eigenvalue weighted by Crippen LogP contribution is -2.22. The van der Waals surface area contributed by atoms with Crippen LogP contribution in [0.15, 0.2) is 18.3 Å². The van der Waals surface area contributed by atoms with Crippen LogP contribution < -0.4 is 5.32 Å². The maximum Gasteiger partial charge on any atom is 0.153 e. The molecule has 0 unspecified atom stereocenters. The molecular formula is C14H19ClN4. The van der Waals surface area contributed by atoms with Crippen LogP contribution in [0.1, 0.15) is 30.8 Å². The van der Waals surface area contributed by atoms with Gasteiger partial charge in [0.15, 0.2) is 5.82 Å². The zero-order valence-electron chi connectivity index (χ0n) is 11.7. The van der Waals surface area contributed by atoms with E-state index in [1.165, 1.54) is 5.56 Å². The first-order valence-corrected chi connectivity index (χ1v) is 6.77. The fourth-order valence-electron chi connectivity index (χ4n) is 1.86. The molecule has 1 N–H and O–H groups in total. The highest BCUT2D eigenvalue weighted by Crippen LogP contribution is 2.21. The summed E-state index contributed by atoms with van der Waals surface area (Å²) in [5.41, 5.74) is 2.93. The molecule has 0 fully saturated rings. The number of hydrogen-bond donors (Lipinski definition) is 1. The second kappa shape index (κ2) is 5.72. The fraction of sp³-hybridized carbons (Fsp3) is 0.429. The maximum atomic E-state index is 6.17. The summed E-state index contributed by atoms with van der Waals surface area (Å²) in [6.07, 6.45) is 1.80. The Morgan fingerprint density at radius 3 is 2.68 bits per heavy atom. The molecule has 0 spiro atoms. The maximum absolute atomic E-state index is 6.17. The van der Waals surface area contributed by atoms with Crippen molar-refractivity contribution in [2.45, 2.75) is 40.3 Å². The van der Waals surface area contributed by atoms with Crippen molar-refractivity contribution in [1.29, 1.82) is 0 Å². The third-order valence-corrected chi connectivity index (χ3v) is 3.49. The summed E-state index contributed by atoms with van der Waals surface area (Å²) in [6.45, 7) is 8.92. The van der Waals surface area contributed by atoms with Crippen LogP contribution in [0.25, 0.3) is 5.82 Å². The molecule has 102 valence electrons. The van der Waals surface area contributed by atoms with Gasteiger partial charge < -0.3 is 5.32 Å². The van der Waals surface area contributed by atoms with Gasteiger partial charge in [0, 0.05) is 18.8 Å². The van der Waals surface area contributed by atoms with Crippen LogP contribution in [-0.2, 0) is 6.54 Å². The second-order valence-electron chi connectivity index (χ2n) is 4.95. The number of rotatable bonds is 4. The molecule has 0 aliphatic carbocycles. The predicted molar refractivity (Wildman–Crippen MR) is 77.8 cm³/mol. The van der Waals surface area contributed by atoms with E-state index in [0.29, 0.717) is 11.1 Å². The number of aromatic nitrogens is 3. The Morgan fingerprint density at radius 2 is 2.11 bits per heavy atom. The molecule has 2 rings (SSSR count). The van der Waals surface area contributed by atoms with E-state index in [2.05, 4.69) is 29.2 Å². The molecule has 19 heavy (non-hydrogen) atoms. The monoisotopic (exact) mass is 278 g/mol. The number of hydrogen-bond acceptors (Lipinski definition) is 3. The number of nitrogens with one attached hydrogen (secondary N) is 1. The smallest absolute Gasteiger partial charge is 0.153 e. The summed E-state index contributed by atoms with van der Waals surface area (Å²) in [5.74, 6) is 0.801. The van der Waals surface area contributed by atoms with E-state index >= 15 is 0 Å². The predicted octanol–water partition coefficient (Wildman–Crippen LogP) is 3.04. The van der Waals surface area contributed by atoms with Gasteiger partial charge in [0.2, 0.25) is 0 Å². The van der Waals surface area contributed by atoms with Gasteiger partial charge in [0.05, 0.1) is 16.4 Å². The van der Waals surface area contributed by atoms with Gasteiger partial charge in [-0.05, 0) is 31.5 Å². The Kier molecular flexibility index (Phi) is 4.22. The van der Waals surface area contributed by atoms with Gasteiger partial charge >= 0.3 is 0 Å². The Labute approximate surface area is 118 Å². The standard InChI is InChI=1S/C14H19ClN4/c1-9(2)17-8-12-5-6-16-13(7-12)19-11(4)14(15)10(3)18-19/h5-7,9,17H,8H2,1-4H3. The van der Waals surface area contributed by atoms with Crippen LogP contribution in [0.4, 0.5) is 0 Å². The highest BCUT2D eigenvalue weighted by molar-refractivity contribution is 6.31. The first-order valence-electron chi connectivity index (χ1n) is 6.39. The lowest BCUT2D eigenvalue weighted by Gasteiger charge is -2.09. The van der Waals surface area contributed by atoms with E-state index in [4.69, 9.17) is 11.6 Å². The van der Waals surface area contributed by atoms with Crippen molar-refractivity contribution in [2.75, 3.05) is 0 Å². The Morgan fingerprint density at radius 1 is 1.37 bits per heavy atom. The number of nitrogens with zero attached hydrogens (tertiary/aromatic N) is 3. The van der Waals surface area contributed by atoms with Crippen LogP contribution >= 0.6 is 11.6 Å². The average molecular weight is 279 g/mol. The number of aryl methyl sites for hydroxylation is 1. The molecule has 0 saturated heterocycles. The summed E-state index contributed by atoms with van der Waals surface area (Å²) < 4.78 is 1.79. The van der Waals surface area contributed by atoms with Gasteiger partial charge in [0.25, 0.3) is 0 Å². The molecule has 0 bridgehead atoms. The van der Waals surface area contributed by atoms with Crippen molar-refractivity contribution >= 4 is 11.6 Å². The summed E-state index contributed by atoms with van der Waals surface area (Å²) in [4.78, 5) is 4.37. The van der Waals surface area contributed by atoms with Crippen molar-refractivity contribution in [3.05, 3.63) is 40.3 Å². The van der Waals surface area contributed by atoms with Crippen molar-refractivity contribution in [3.63, 3.8) is 0 Å². The van der Waals surface area contributed by atoms with Crippen molar-refractivity contribution in [2.24, 2.45) is 0 Å². The quantitative estimate of drug-likeness (QED) is 0.935. The van der Waals surface area contributed by atoms with E-state index in [0.717, 1.165) is 23.8 Å². The van der Waals surface area contributed by atoms with Gasteiger partial charge in [-0.25, -0.2) is 9.67 Å². The van der Waals surface area contributed by atoms with Crippen LogP contribution in [0.5, 0.6) is 0 Å². The van der Waals surface area contributed by atoms with Gasteiger partial charge in [-0.1, -0.05) is 25.4 Å². The first-order chi connectivity index (χ1) is 8.99. The van der Waals surface area contributed by atoms with E-state index < -0.39 is 0 Å². The first kappa shape index (κ1) is 14.0. The van der Waals surface area contributed by atoms with Gasteiger partial charge in [-0.15, -0.1) is 0 Å².